The number of methoxy groups -OCH3 is 2. The van der Waals surface area contributed by atoms with Crippen LogP contribution in [0.3, 0.4) is 0 Å². The minimum absolute atomic E-state index is 0.0463. The Balaban J connectivity index is 2.51. The predicted octanol–water partition coefficient (Wildman–Crippen LogP) is 3.65. The van der Waals surface area contributed by atoms with E-state index in [4.69, 9.17) is 19.5 Å². The van der Waals surface area contributed by atoms with Crippen LogP contribution in [0.5, 0.6) is 23.0 Å². The summed E-state index contributed by atoms with van der Waals surface area (Å²) < 4.78 is 43.2. The zero-order valence-corrected chi connectivity index (χ0v) is 11.3. The Hall–Kier alpha value is -2.81. The van der Waals surface area contributed by atoms with Gasteiger partial charge in [-0.05, 0) is 24.3 Å². The zero-order chi connectivity index (χ0) is 15.4. The van der Waals surface area contributed by atoms with Crippen LogP contribution in [-0.4, -0.2) is 14.2 Å². The third kappa shape index (κ3) is 2.87. The Morgan fingerprint density at radius 2 is 1.48 bits per heavy atom. The summed E-state index contributed by atoms with van der Waals surface area (Å²) in [6.07, 6.45) is 0. The highest BCUT2D eigenvalue weighted by atomic mass is 19.1. The third-order valence-corrected chi connectivity index (χ3v) is 2.71. The molecule has 2 rings (SSSR count). The molecule has 0 bridgehead atoms. The van der Waals surface area contributed by atoms with Crippen molar-refractivity contribution in [2.24, 2.45) is 0 Å². The van der Waals surface area contributed by atoms with Crippen LogP contribution in [0.15, 0.2) is 30.3 Å². The van der Waals surface area contributed by atoms with Crippen molar-refractivity contribution in [2.45, 2.75) is 0 Å². The quantitative estimate of drug-likeness (QED) is 0.863. The normalized spacial score (nSPS) is 9.86. The third-order valence-electron chi connectivity index (χ3n) is 2.71. The molecule has 6 heteroatoms. The van der Waals surface area contributed by atoms with E-state index in [-0.39, 0.29) is 22.8 Å². The second-order valence-corrected chi connectivity index (χ2v) is 3.97. The second kappa shape index (κ2) is 6.09. The van der Waals surface area contributed by atoms with Gasteiger partial charge >= 0.3 is 0 Å². The van der Waals surface area contributed by atoms with E-state index in [9.17, 15) is 8.78 Å². The van der Waals surface area contributed by atoms with Crippen LogP contribution in [0.25, 0.3) is 0 Å². The summed E-state index contributed by atoms with van der Waals surface area (Å²) in [5.41, 5.74) is -0.135. The van der Waals surface area contributed by atoms with Crippen LogP contribution in [-0.2, 0) is 0 Å². The van der Waals surface area contributed by atoms with E-state index in [1.165, 1.54) is 14.2 Å². The van der Waals surface area contributed by atoms with Gasteiger partial charge in [0, 0.05) is 0 Å². The van der Waals surface area contributed by atoms with Gasteiger partial charge in [-0.2, -0.15) is 5.26 Å². The predicted molar refractivity (Wildman–Crippen MR) is 70.7 cm³/mol. The fraction of sp³-hybridized carbons (Fsp3) is 0.133. The number of hydrogen-bond donors (Lipinski definition) is 0. The number of ether oxygens (including phenoxy) is 3. The fourth-order valence-corrected chi connectivity index (χ4v) is 1.74. The molecule has 2 aromatic rings. The van der Waals surface area contributed by atoms with E-state index in [0.717, 1.165) is 12.1 Å². The van der Waals surface area contributed by atoms with Gasteiger partial charge in [-0.15, -0.1) is 0 Å². The molecule has 0 N–H and O–H groups in total. The van der Waals surface area contributed by atoms with Gasteiger partial charge in [-0.1, -0.05) is 6.07 Å². The molecule has 0 aliphatic rings. The van der Waals surface area contributed by atoms with Crippen molar-refractivity contribution in [3.63, 3.8) is 0 Å². The first kappa shape index (κ1) is 14.6. The van der Waals surface area contributed by atoms with Crippen molar-refractivity contribution in [1.29, 1.82) is 5.26 Å². The lowest BCUT2D eigenvalue weighted by atomic mass is 10.2. The topological polar surface area (TPSA) is 51.5 Å². The lowest BCUT2D eigenvalue weighted by molar-refractivity contribution is 0.331. The molecular formula is C15H11F2NO3. The molecular weight excluding hydrogens is 280 g/mol. The van der Waals surface area contributed by atoms with Crippen molar-refractivity contribution in [3.05, 3.63) is 47.5 Å². The summed E-state index contributed by atoms with van der Waals surface area (Å²) in [6, 6.07) is 8.22. The minimum Gasteiger partial charge on any atom is -0.493 e. The summed E-state index contributed by atoms with van der Waals surface area (Å²) in [5.74, 6) is -2.03. The first-order chi connectivity index (χ1) is 10.1. The smallest absolute Gasteiger partial charge is 0.211 e. The fourth-order valence-electron chi connectivity index (χ4n) is 1.74. The maximum Gasteiger partial charge on any atom is 0.211 e. The Morgan fingerprint density at radius 1 is 0.952 bits per heavy atom. The van der Waals surface area contributed by atoms with Gasteiger partial charge in [0.25, 0.3) is 0 Å². The van der Waals surface area contributed by atoms with Crippen LogP contribution >= 0.6 is 0 Å². The Bertz CT molecular complexity index is 665. The highest BCUT2D eigenvalue weighted by Crippen LogP contribution is 2.41. The summed E-state index contributed by atoms with van der Waals surface area (Å²) >= 11 is 0. The molecule has 0 fully saturated rings. The SMILES string of the molecule is COc1cccc(OC)c1Oc1c(F)cc(C#N)cc1F. The van der Waals surface area contributed by atoms with E-state index < -0.39 is 17.4 Å². The first-order valence-electron chi connectivity index (χ1n) is 5.88. The zero-order valence-electron chi connectivity index (χ0n) is 11.3. The van der Waals surface area contributed by atoms with E-state index in [1.807, 2.05) is 0 Å². The van der Waals surface area contributed by atoms with E-state index in [0.29, 0.717) is 0 Å². The average molecular weight is 291 g/mol. The molecule has 0 radical (unpaired) electrons. The molecule has 0 amide bonds. The molecule has 0 heterocycles. The van der Waals surface area contributed by atoms with Gasteiger partial charge in [-0.25, -0.2) is 8.78 Å². The number of para-hydroxylation sites is 1. The van der Waals surface area contributed by atoms with E-state index in [2.05, 4.69) is 0 Å². The molecule has 4 nitrogen and oxygen atoms in total. The van der Waals surface area contributed by atoms with Gasteiger partial charge in [0.1, 0.15) is 0 Å². The van der Waals surface area contributed by atoms with E-state index in [1.54, 1.807) is 24.3 Å². The molecule has 21 heavy (non-hydrogen) atoms. The summed E-state index contributed by atoms with van der Waals surface area (Å²) in [7, 11) is 2.79. The number of nitrogens with zero attached hydrogens (tertiary/aromatic N) is 1. The van der Waals surface area contributed by atoms with Crippen molar-refractivity contribution in [3.8, 4) is 29.1 Å². The molecule has 2 aromatic carbocycles. The van der Waals surface area contributed by atoms with Crippen molar-refractivity contribution < 1.29 is 23.0 Å². The van der Waals surface area contributed by atoms with Crippen molar-refractivity contribution >= 4 is 0 Å². The highest BCUT2D eigenvalue weighted by molar-refractivity contribution is 5.53. The van der Waals surface area contributed by atoms with Gasteiger partial charge in [0.05, 0.1) is 25.9 Å². The molecule has 0 aliphatic heterocycles. The van der Waals surface area contributed by atoms with Crippen LogP contribution < -0.4 is 14.2 Å². The van der Waals surface area contributed by atoms with Crippen LogP contribution in [0.1, 0.15) is 5.56 Å². The van der Waals surface area contributed by atoms with Gasteiger partial charge in [0.2, 0.25) is 5.75 Å². The molecule has 0 atom stereocenters. The lowest BCUT2D eigenvalue weighted by Crippen LogP contribution is -1.98. The summed E-state index contributed by atoms with van der Waals surface area (Å²) in [5, 5.41) is 8.67. The largest absolute Gasteiger partial charge is 0.493 e. The van der Waals surface area contributed by atoms with Crippen LogP contribution in [0.4, 0.5) is 8.78 Å². The standard InChI is InChI=1S/C15H11F2NO3/c1-19-12-4-3-5-13(20-2)15(12)21-14-10(16)6-9(8-18)7-11(14)17/h3-7H,1-2H3. The van der Waals surface area contributed by atoms with Crippen LogP contribution in [0, 0.1) is 23.0 Å². The molecule has 0 saturated heterocycles. The number of rotatable bonds is 4. The van der Waals surface area contributed by atoms with Crippen molar-refractivity contribution in [2.75, 3.05) is 14.2 Å². The van der Waals surface area contributed by atoms with Gasteiger partial charge in [-0.3, -0.25) is 0 Å². The van der Waals surface area contributed by atoms with E-state index >= 15 is 0 Å². The maximum absolute atomic E-state index is 13.9. The summed E-state index contributed by atoms with van der Waals surface area (Å²) in [4.78, 5) is 0. The van der Waals surface area contributed by atoms with Gasteiger partial charge < -0.3 is 14.2 Å². The number of nitriles is 1. The summed E-state index contributed by atoms with van der Waals surface area (Å²) in [6.45, 7) is 0. The second-order valence-electron chi connectivity index (χ2n) is 3.97. The number of halogens is 2. The molecule has 0 aliphatic carbocycles. The molecule has 0 spiro atoms. The van der Waals surface area contributed by atoms with Gasteiger partial charge in [0.15, 0.2) is 28.9 Å². The number of hydrogen-bond acceptors (Lipinski definition) is 4. The highest BCUT2D eigenvalue weighted by Gasteiger charge is 2.19. The molecule has 108 valence electrons. The Labute approximate surface area is 120 Å². The maximum atomic E-state index is 13.9. The lowest BCUT2D eigenvalue weighted by Gasteiger charge is -2.14. The average Bonchev–Trinajstić information content (AvgIpc) is 2.50. The van der Waals surface area contributed by atoms with Crippen LogP contribution in [0.2, 0.25) is 0 Å². The molecule has 0 unspecified atom stereocenters. The monoisotopic (exact) mass is 291 g/mol. The first-order valence-corrected chi connectivity index (χ1v) is 5.88. The number of benzene rings is 2. The minimum atomic E-state index is -0.987. The Kier molecular flexibility index (Phi) is 4.24. The Morgan fingerprint density at radius 3 is 1.90 bits per heavy atom. The van der Waals surface area contributed by atoms with Crippen molar-refractivity contribution in [1.82, 2.24) is 0 Å². The molecule has 0 saturated carbocycles. The molecule has 0 aromatic heterocycles.